The maximum atomic E-state index is 13.3. The van der Waals surface area contributed by atoms with Crippen molar-refractivity contribution in [3.63, 3.8) is 0 Å². The molecule has 1 aliphatic carbocycles. The standard InChI is InChI=1S/C30H43N3O5/c1-29(2,3)38-28(37)30(4)16-18-33(19-17-30)27(36)21-8-12-23(13-9-21)32(5)22-10-6-20(7-11-22)24-14-15-25(34)31-26(24)35/h6-7,10-11,21,23-24H,8-9,12-19H2,1-5H3,(H,31,34,35)/t21-,23-,24-/m0/s1. The van der Waals surface area contributed by atoms with Crippen LogP contribution in [0.2, 0.25) is 0 Å². The number of amides is 3. The topological polar surface area (TPSA) is 96.0 Å². The molecule has 2 heterocycles. The molecule has 208 valence electrons. The number of benzene rings is 1. The van der Waals surface area contributed by atoms with E-state index in [-0.39, 0.29) is 35.5 Å². The highest BCUT2D eigenvalue weighted by Crippen LogP contribution is 2.36. The first kappa shape index (κ1) is 28.1. The molecule has 1 aromatic rings. The van der Waals surface area contributed by atoms with Gasteiger partial charge in [0.25, 0.3) is 0 Å². The van der Waals surface area contributed by atoms with Crippen LogP contribution in [0, 0.1) is 11.3 Å². The molecule has 0 aromatic heterocycles. The molecule has 3 fully saturated rings. The average Bonchev–Trinajstić information content (AvgIpc) is 2.88. The van der Waals surface area contributed by atoms with Gasteiger partial charge >= 0.3 is 5.97 Å². The van der Waals surface area contributed by atoms with Crippen LogP contribution in [0.5, 0.6) is 0 Å². The second-order valence-corrected chi connectivity index (χ2v) is 12.6. The van der Waals surface area contributed by atoms with Crippen molar-refractivity contribution in [1.82, 2.24) is 10.2 Å². The molecular formula is C30H43N3O5. The molecule has 1 atom stereocenters. The molecule has 1 saturated carbocycles. The summed E-state index contributed by atoms with van der Waals surface area (Å²) < 4.78 is 5.63. The first-order valence-corrected chi connectivity index (χ1v) is 14.0. The van der Waals surface area contributed by atoms with E-state index >= 15 is 0 Å². The Bertz CT molecular complexity index is 1040. The zero-order chi connectivity index (χ0) is 27.7. The molecule has 8 heteroatoms. The number of nitrogens with zero attached hydrogens (tertiary/aromatic N) is 2. The van der Waals surface area contributed by atoms with Gasteiger partial charge < -0.3 is 14.5 Å². The predicted octanol–water partition coefficient (Wildman–Crippen LogP) is 4.17. The molecule has 2 aliphatic heterocycles. The fourth-order valence-corrected chi connectivity index (χ4v) is 5.96. The lowest BCUT2D eigenvalue weighted by molar-refractivity contribution is -0.170. The third-order valence-electron chi connectivity index (χ3n) is 8.61. The van der Waals surface area contributed by atoms with Gasteiger partial charge in [-0.1, -0.05) is 12.1 Å². The largest absolute Gasteiger partial charge is 0.460 e. The van der Waals surface area contributed by atoms with Crippen molar-refractivity contribution in [1.29, 1.82) is 0 Å². The fourth-order valence-electron chi connectivity index (χ4n) is 5.96. The van der Waals surface area contributed by atoms with Crippen molar-refractivity contribution in [2.75, 3.05) is 25.0 Å². The smallest absolute Gasteiger partial charge is 0.312 e. The highest BCUT2D eigenvalue weighted by Gasteiger charge is 2.42. The second kappa shape index (κ2) is 11.1. The van der Waals surface area contributed by atoms with E-state index in [2.05, 4.69) is 17.3 Å². The molecule has 1 aromatic carbocycles. The summed E-state index contributed by atoms with van der Waals surface area (Å²) in [4.78, 5) is 53.8. The molecule has 0 unspecified atom stereocenters. The van der Waals surface area contributed by atoms with Crippen molar-refractivity contribution in [2.24, 2.45) is 11.3 Å². The van der Waals surface area contributed by atoms with Crippen LogP contribution in [0.1, 0.15) is 90.5 Å². The molecule has 3 aliphatic rings. The summed E-state index contributed by atoms with van der Waals surface area (Å²) in [6.45, 7) is 8.83. The Morgan fingerprint density at radius 3 is 2.16 bits per heavy atom. The molecule has 0 radical (unpaired) electrons. The molecule has 0 spiro atoms. The number of rotatable bonds is 5. The van der Waals surface area contributed by atoms with E-state index in [1.54, 1.807) is 0 Å². The number of likely N-dealkylation sites (tertiary alicyclic amines) is 1. The van der Waals surface area contributed by atoms with Gasteiger partial charge in [0.2, 0.25) is 17.7 Å². The van der Waals surface area contributed by atoms with Gasteiger partial charge in [0, 0.05) is 44.2 Å². The van der Waals surface area contributed by atoms with Crippen LogP contribution in [0.25, 0.3) is 0 Å². The number of carbonyl (C=O) groups is 4. The molecule has 0 bridgehead atoms. The van der Waals surface area contributed by atoms with Gasteiger partial charge in [-0.25, -0.2) is 0 Å². The summed E-state index contributed by atoms with van der Waals surface area (Å²) in [5, 5.41) is 2.43. The van der Waals surface area contributed by atoms with Gasteiger partial charge in [0.1, 0.15) is 5.60 Å². The summed E-state index contributed by atoms with van der Waals surface area (Å²) in [5.74, 6) is -0.577. The summed E-state index contributed by atoms with van der Waals surface area (Å²) in [6.07, 6.45) is 5.83. The molecule has 1 N–H and O–H groups in total. The Morgan fingerprint density at radius 1 is 1.00 bits per heavy atom. The van der Waals surface area contributed by atoms with Crippen molar-refractivity contribution in [3.8, 4) is 0 Å². The van der Waals surface area contributed by atoms with Gasteiger partial charge in [0.15, 0.2) is 0 Å². The van der Waals surface area contributed by atoms with Crippen molar-refractivity contribution >= 4 is 29.4 Å². The van der Waals surface area contributed by atoms with E-state index in [4.69, 9.17) is 4.74 Å². The van der Waals surface area contributed by atoms with E-state index in [1.165, 1.54) is 0 Å². The van der Waals surface area contributed by atoms with Crippen LogP contribution in [-0.2, 0) is 23.9 Å². The predicted molar refractivity (Wildman–Crippen MR) is 145 cm³/mol. The Kier molecular flexibility index (Phi) is 8.19. The lowest BCUT2D eigenvalue weighted by atomic mass is 9.79. The van der Waals surface area contributed by atoms with Crippen LogP contribution in [0.4, 0.5) is 5.69 Å². The number of hydrogen-bond donors (Lipinski definition) is 1. The van der Waals surface area contributed by atoms with Crippen molar-refractivity contribution in [3.05, 3.63) is 29.8 Å². The number of hydrogen-bond acceptors (Lipinski definition) is 6. The summed E-state index contributed by atoms with van der Waals surface area (Å²) in [5.41, 5.74) is 0.992. The lowest BCUT2D eigenvalue weighted by Crippen LogP contribution is -2.49. The number of ether oxygens (including phenoxy) is 1. The maximum Gasteiger partial charge on any atom is 0.312 e. The molecule has 8 nitrogen and oxygen atoms in total. The van der Waals surface area contributed by atoms with Crippen LogP contribution in [-0.4, -0.2) is 60.4 Å². The van der Waals surface area contributed by atoms with Crippen molar-refractivity contribution < 1.29 is 23.9 Å². The highest BCUT2D eigenvalue weighted by molar-refractivity contribution is 6.00. The third kappa shape index (κ3) is 6.38. The first-order chi connectivity index (χ1) is 17.9. The monoisotopic (exact) mass is 525 g/mol. The SMILES string of the molecule is CN(c1ccc([C@@H]2CCC(=O)NC2=O)cc1)[C@H]1CC[C@H](C(=O)N2CCC(C)(C(=O)OC(C)(C)C)CC2)CC1. The maximum absolute atomic E-state index is 13.3. The normalized spacial score (nSPS) is 25.9. The highest BCUT2D eigenvalue weighted by atomic mass is 16.6. The van der Waals surface area contributed by atoms with Crippen LogP contribution < -0.4 is 10.2 Å². The zero-order valence-corrected chi connectivity index (χ0v) is 23.5. The zero-order valence-electron chi connectivity index (χ0n) is 23.5. The third-order valence-corrected chi connectivity index (χ3v) is 8.61. The van der Waals surface area contributed by atoms with E-state index in [1.807, 2.05) is 56.9 Å². The number of piperidine rings is 2. The minimum absolute atomic E-state index is 0.0421. The van der Waals surface area contributed by atoms with Crippen molar-refractivity contribution in [2.45, 2.75) is 96.6 Å². The van der Waals surface area contributed by atoms with E-state index in [9.17, 15) is 19.2 Å². The van der Waals surface area contributed by atoms with Gasteiger partial charge in [-0.3, -0.25) is 24.5 Å². The molecule has 4 rings (SSSR count). The number of esters is 1. The molecule has 38 heavy (non-hydrogen) atoms. The van der Waals surface area contributed by atoms with Gasteiger partial charge in [-0.2, -0.15) is 0 Å². The van der Waals surface area contributed by atoms with E-state index in [0.717, 1.165) is 36.9 Å². The van der Waals surface area contributed by atoms with Gasteiger partial charge in [-0.05, 0) is 90.3 Å². The number of nitrogens with one attached hydrogen (secondary N) is 1. The number of anilines is 1. The van der Waals surface area contributed by atoms with Crippen LogP contribution in [0.3, 0.4) is 0 Å². The van der Waals surface area contributed by atoms with E-state index < -0.39 is 11.0 Å². The van der Waals surface area contributed by atoms with E-state index in [0.29, 0.717) is 44.8 Å². The molecule has 2 saturated heterocycles. The van der Waals surface area contributed by atoms with Crippen LogP contribution >= 0.6 is 0 Å². The first-order valence-electron chi connectivity index (χ1n) is 14.0. The Labute approximate surface area is 226 Å². The Balaban J connectivity index is 1.26. The van der Waals surface area contributed by atoms with Gasteiger partial charge in [-0.15, -0.1) is 0 Å². The Hall–Kier alpha value is -2.90. The molecule has 3 amide bonds. The minimum atomic E-state index is -0.530. The number of imide groups is 1. The summed E-state index contributed by atoms with van der Waals surface area (Å²) in [6, 6.07) is 8.43. The fraction of sp³-hybridized carbons (Fsp3) is 0.667. The molecular weight excluding hydrogens is 482 g/mol. The lowest BCUT2D eigenvalue weighted by Gasteiger charge is -2.41. The Morgan fingerprint density at radius 2 is 1.61 bits per heavy atom. The van der Waals surface area contributed by atoms with Crippen LogP contribution in [0.15, 0.2) is 24.3 Å². The average molecular weight is 526 g/mol. The number of carbonyl (C=O) groups excluding carboxylic acids is 4. The summed E-state index contributed by atoms with van der Waals surface area (Å²) in [7, 11) is 2.09. The van der Waals surface area contributed by atoms with Gasteiger partial charge in [0.05, 0.1) is 11.3 Å². The second-order valence-electron chi connectivity index (χ2n) is 12.6. The quantitative estimate of drug-likeness (QED) is 0.458. The minimum Gasteiger partial charge on any atom is -0.460 e. The summed E-state index contributed by atoms with van der Waals surface area (Å²) >= 11 is 0.